The van der Waals surface area contributed by atoms with Gasteiger partial charge in [-0.2, -0.15) is 0 Å². The molecule has 1 aromatic heterocycles. The maximum atomic E-state index is 12.1. The van der Waals surface area contributed by atoms with Gasteiger partial charge in [0.2, 0.25) is 0 Å². The maximum absolute atomic E-state index is 12.1. The van der Waals surface area contributed by atoms with Gasteiger partial charge in [-0.25, -0.2) is 9.97 Å². The fourth-order valence-electron chi connectivity index (χ4n) is 2.71. The minimum atomic E-state index is -0.733. The van der Waals surface area contributed by atoms with E-state index in [4.69, 9.17) is 5.11 Å². The number of anilines is 1. The molecule has 120 valence electrons. The lowest BCUT2D eigenvalue weighted by Gasteiger charge is -2.31. The second-order valence-electron chi connectivity index (χ2n) is 5.46. The molecule has 1 aromatic carbocycles. The van der Waals surface area contributed by atoms with Crippen LogP contribution in [0.15, 0.2) is 36.7 Å². The molecule has 0 radical (unpaired) electrons. The van der Waals surface area contributed by atoms with Gasteiger partial charge in [0.15, 0.2) is 5.75 Å². The van der Waals surface area contributed by atoms with E-state index in [1.165, 1.54) is 18.5 Å². The lowest BCUT2D eigenvalue weighted by atomic mass is 9.97. The number of hydrogen-bond donors (Lipinski definition) is 1. The number of piperidine rings is 1. The summed E-state index contributed by atoms with van der Waals surface area (Å²) in [7, 11) is 0. The van der Waals surface area contributed by atoms with Crippen molar-refractivity contribution in [2.45, 2.75) is 12.8 Å². The summed E-state index contributed by atoms with van der Waals surface area (Å²) in [6, 6.07) is 8.34. The van der Waals surface area contributed by atoms with Gasteiger partial charge in [-0.3, -0.25) is 9.74 Å². The zero-order valence-electron chi connectivity index (χ0n) is 12.4. The topological polar surface area (TPSA) is 75.5 Å². The first-order valence-corrected chi connectivity index (χ1v) is 7.36. The van der Waals surface area contributed by atoms with Crippen LogP contribution < -0.4 is 9.84 Å². The number of carbonyl (C=O) groups is 1. The van der Waals surface area contributed by atoms with Gasteiger partial charge in [0.1, 0.15) is 12.1 Å². The zero-order chi connectivity index (χ0) is 16.2. The third-order valence-corrected chi connectivity index (χ3v) is 4.06. The molecule has 2 heterocycles. The molecule has 0 unspecified atom stereocenters. The van der Waals surface area contributed by atoms with Gasteiger partial charge in [0, 0.05) is 29.2 Å². The molecule has 0 amide bonds. The van der Waals surface area contributed by atoms with Crippen LogP contribution in [0.25, 0.3) is 11.3 Å². The van der Waals surface area contributed by atoms with E-state index in [1.54, 1.807) is 12.1 Å². The second-order valence-corrected chi connectivity index (χ2v) is 5.46. The Morgan fingerprint density at radius 2 is 1.91 bits per heavy atom. The van der Waals surface area contributed by atoms with Crippen molar-refractivity contribution in [1.82, 2.24) is 9.97 Å². The predicted octanol–water partition coefficient (Wildman–Crippen LogP) is 2.71. The smallest absolute Gasteiger partial charge is 0.306 e. The van der Waals surface area contributed by atoms with Crippen molar-refractivity contribution in [2.24, 2.45) is 5.92 Å². The summed E-state index contributed by atoms with van der Waals surface area (Å²) in [5, 5.41) is 9.05. The summed E-state index contributed by atoms with van der Waals surface area (Å²) in [5.74, 6) is -0.104. The van der Waals surface area contributed by atoms with Crippen molar-refractivity contribution in [3.05, 3.63) is 36.7 Å². The highest BCUT2D eigenvalue weighted by Gasteiger charge is 2.25. The van der Waals surface area contributed by atoms with Crippen molar-refractivity contribution >= 4 is 11.8 Å². The Kier molecular flexibility index (Phi) is 4.36. The predicted molar refractivity (Wildman–Crippen MR) is 81.8 cm³/mol. The SMILES string of the molecule is O=C(O)C1CCN(c2cc(-c3ccc(OF)cc3)ncn2)CC1. The largest absolute Gasteiger partial charge is 0.481 e. The fourth-order valence-corrected chi connectivity index (χ4v) is 2.71. The number of halogens is 1. The van der Waals surface area contributed by atoms with Crippen LogP contribution in [0.4, 0.5) is 10.3 Å². The fraction of sp³-hybridized carbons (Fsp3) is 0.312. The molecule has 1 aliphatic heterocycles. The first-order valence-electron chi connectivity index (χ1n) is 7.36. The molecular weight excluding hydrogens is 301 g/mol. The molecule has 0 aliphatic carbocycles. The molecule has 1 saturated heterocycles. The lowest BCUT2D eigenvalue weighted by Crippen LogP contribution is -2.36. The van der Waals surface area contributed by atoms with Crippen LogP contribution >= 0.6 is 0 Å². The highest BCUT2D eigenvalue weighted by molar-refractivity contribution is 5.70. The molecule has 0 atom stereocenters. The lowest BCUT2D eigenvalue weighted by molar-refractivity contribution is -0.142. The Bertz CT molecular complexity index is 685. The number of carboxylic acids is 1. The van der Waals surface area contributed by atoms with Gasteiger partial charge < -0.3 is 10.0 Å². The summed E-state index contributed by atoms with van der Waals surface area (Å²) in [4.78, 5) is 25.2. The van der Waals surface area contributed by atoms with Crippen LogP contribution in [-0.2, 0) is 4.79 Å². The van der Waals surface area contributed by atoms with Gasteiger partial charge in [0.05, 0.1) is 11.6 Å². The number of carboxylic acid groups (broad SMARTS) is 1. The average Bonchev–Trinajstić information content (AvgIpc) is 2.62. The molecule has 6 nitrogen and oxygen atoms in total. The Labute approximate surface area is 132 Å². The molecule has 0 spiro atoms. The van der Waals surface area contributed by atoms with Gasteiger partial charge in [-0.15, -0.1) is 0 Å². The number of aliphatic carboxylic acids is 1. The van der Waals surface area contributed by atoms with E-state index in [-0.39, 0.29) is 11.7 Å². The summed E-state index contributed by atoms with van der Waals surface area (Å²) >= 11 is 0. The Balaban J connectivity index is 1.76. The van der Waals surface area contributed by atoms with E-state index in [1.807, 2.05) is 6.07 Å². The molecule has 1 fully saturated rings. The van der Waals surface area contributed by atoms with E-state index in [0.717, 1.165) is 17.1 Å². The van der Waals surface area contributed by atoms with E-state index < -0.39 is 5.97 Å². The Hall–Kier alpha value is -2.70. The van der Waals surface area contributed by atoms with Crippen LogP contribution in [0.2, 0.25) is 0 Å². The molecule has 0 bridgehead atoms. The second kappa shape index (κ2) is 6.60. The quantitative estimate of drug-likeness (QED) is 0.934. The van der Waals surface area contributed by atoms with Crippen molar-refractivity contribution in [3.63, 3.8) is 0 Å². The number of aromatic nitrogens is 2. The summed E-state index contributed by atoms with van der Waals surface area (Å²) in [6.45, 7) is 1.31. The van der Waals surface area contributed by atoms with E-state index in [9.17, 15) is 9.32 Å². The Morgan fingerprint density at radius 3 is 2.52 bits per heavy atom. The Morgan fingerprint density at radius 1 is 1.22 bits per heavy atom. The number of hydrogen-bond acceptors (Lipinski definition) is 5. The van der Waals surface area contributed by atoms with Crippen LogP contribution in [-0.4, -0.2) is 34.1 Å². The van der Waals surface area contributed by atoms with Crippen molar-refractivity contribution in [2.75, 3.05) is 18.0 Å². The number of nitrogens with zero attached hydrogens (tertiary/aromatic N) is 3. The first-order chi connectivity index (χ1) is 11.2. The third kappa shape index (κ3) is 3.39. The standard InChI is InChI=1S/C16H16FN3O3/c17-23-13-3-1-11(2-4-13)14-9-15(19-10-18-14)20-7-5-12(6-8-20)16(21)22/h1-4,9-10,12H,5-8H2,(H,21,22). The van der Waals surface area contributed by atoms with E-state index in [2.05, 4.69) is 19.8 Å². The van der Waals surface area contributed by atoms with E-state index >= 15 is 0 Å². The van der Waals surface area contributed by atoms with Gasteiger partial charge in [-0.05, 0) is 37.1 Å². The van der Waals surface area contributed by atoms with Crippen molar-refractivity contribution in [1.29, 1.82) is 0 Å². The highest BCUT2D eigenvalue weighted by atomic mass is 19.3. The summed E-state index contributed by atoms with van der Waals surface area (Å²) < 4.78 is 12.1. The van der Waals surface area contributed by atoms with Crippen LogP contribution in [0, 0.1) is 5.92 Å². The highest BCUT2D eigenvalue weighted by Crippen LogP contribution is 2.26. The normalized spacial score (nSPS) is 15.4. The summed E-state index contributed by atoms with van der Waals surface area (Å²) in [5.41, 5.74) is 1.55. The molecule has 7 heteroatoms. The first kappa shape index (κ1) is 15.2. The molecule has 2 aromatic rings. The molecule has 3 rings (SSSR count). The summed E-state index contributed by atoms with van der Waals surface area (Å²) in [6.07, 6.45) is 2.70. The third-order valence-electron chi connectivity index (χ3n) is 4.06. The van der Waals surface area contributed by atoms with Crippen molar-refractivity contribution in [3.8, 4) is 17.0 Å². The molecule has 1 aliphatic rings. The minimum Gasteiger partial charge on any atom is -0.481 e. The molecule has 1 N–H and O–H groups in total. The van der Waals surface area contributed by atoms with Crippen LogP contribution in [0.1, 0.15) is 12.8 Å². The molecule has 23 heavy (non-hydrogen) atoms. The van der Waals surface area contributed by atoms with Gasteiger partial charge >= 0.3 is 5.97 Å². The van der Waals surface area contributed by atoms with Gasteiger partial charge in [0.25, 0.3) is 0 Å². The monoisotopic (exact) mass is 317 g/mol. The van der Waals surface area contributed by atoms with Crippen LogP contribution in [0.5, 0.6) is 5.75 Å². The minimum absolute atomic E-state index is 0.138. The number of benzene rings is 1. The van der Waals surface area contributed by atoms with Gasteiger partial charge in [-0.1, -0.05) is 0 Å². The van der Waals surface area contributed by atoms with E-state index in [0.29, 0.717) is 25.9 Å². The average molecular weight is 317 g/mol. The van der Waals surface area contributed by atoms with Crippen molar-refractivity contribution < 1.29 is 19.4 Å². The van der Waals surface area contributed by atoms with Crippen LogP contribution in [0.3, 0.4) is 0 Å². The molecule has 0 saturated carbocycles. The molecular formula is C16H16FN3O3. The maximum Gasteiger partial charge on any atom is 0.306 e. The number of rotatable bonds is 4. The zero-order valence-corrected chi connectivity index (χ0v) is 12.4.